The molecule has 3 nitrogen and oxygen atoms in total. The highest BCUT2D eigenvalue weighted by molar-refractivity contribution is 7.99. The molecule has 4 heteroatoms. The lowest BCUT2D eigenvalue weighted by molar-refractivity contribution is 0.324. The first-order valence-corrected chi connectivity index (χ1v) is 22.1. The molecule has 5 atom stereocenters. The van der Waals surface area contributed by atoms with E-state index in [0.29, 0.717) is 11.8 Å². The number of allylic oxidation sites excluding steroid dienone is 14. The molecule has 0 saturated heterocycles. The van der Waals surface area contributed by atoms with Crippen LogP contribution in [0.15, 0.2) is 220 Å². The minimum Gasteiger partial charge on any atom is -0.459 e. The summed E-state index contributed by atoms with van der Waals surface area (Å²) in [5, 5.41) is 0. The quantitative estimate of drug-likeness (QED) is 0.177. The highest BCUT2D eigenvalue weighted by Gasteiger charge is 2.62. The highest BCUT2D eigenvalue weighted by Crippen LogP contribution is 2.70. The third-order valence-corrected chi connectivity index (χ3v) is 15.3. The van der Waals surface area contributed by atoms with Crippen molar-refractivity contribution < 1.29 is 4.74 Å². The molecule has 284 valence electrons. The van der Waals surface area contributed by atoms with Gasteiger partial charge in [-0.15, -0.1) is 0 Å². The van der Waals surface area contributed by atoms with Gasteiger partial charge in [0.05, 0.1) is 28.7 Å². The average molecular weight is 779 g/mol. The summed E-state index contributed by atoms with van der Waals surface area (Å²) in [7, 11) is 0. The lowest BCUT2D eigenvalue weighted by atomic mass is 9.61. The van der Waals surface area contributed by atoms with E-state index in [2.05, 4.69) is 192 Å². The molecule has 1 spiro atoms. The number of para-hydroxylation sites is 4. The zero-order valence-corrected chi connectivity index (χ0v) is 33.5. The molecule has 1 fully saturated rings. The zero-order valence-electron chi connectivity index (χ0n) is 32.7. The van der Waals surface area contributed by atoms with Gasteiger partial charge in [-0.05, 0) is 103 Å². The standard InChI is InChI=1S/C55H42N2OS/c1-2-16-35(17-3-1)56(49-28-14-21-40-39-19-6-11-29-50(39)58-54(40)49)36-32-33-38-37-18-4-7-22-42(37)55(45(38)34-36)43-23-8-5-20-41(43)53-44(55)24-15-27-48(53)57-46-25-9-12-30-51(46)59-52-31-13-10-26-47(52)57/h1-7,9-20,24-34,38,40,42,45H,8,21-23H2. The van der Waals surface area contributed by atoms with Gasteiger partial charge in [0.2, 0.25) is 0 Å². The van der Waals surface area contributed by atoms with Crippen LogP contribution in [-0.4, -0.2) is 0 Å². The van der Waals surface area contributed by atoms with Crippen LogP contribution in [0.5, 0.6) is 5.75 Å². The molecule has 5 aromatic carbocycles. The molecule has 6 aliphatic carbocycles. The van der Waals surface area contributed by atoms with E-state index >= 15 is 0 Å². The maximum atomic E-state index is 6.81. The van der Waals surface area contributed by atoms with Crippen LogP contribution in [0.1, 0.15) is 48.3 Å². The van der Waals surface area contributed by atoms with Crippen molar-refractivity contribution in [1.82, 2.24) is 0 Å². The Labute approximate surface area is 350 Å². The first-order chi connectivity index (χ1) is 29.3. The van der Waals surface area contributed by atoms with E-state index in [1.54, 1.807) is 11.1 Å². The van der Waals surface area contributed by atoms with Crippen molar-refractivity contribution in [3.8, 4) is 5.75 Å². The Hall–Kier alpha value is -6.23. The van der Waals surface area contributed by atoms with Crippen LogP contribution in [0.2, 0.25) is 0 Å². The molecule has 0 aromatic heterocycles. The molecule has 8 aliphatic rings. The molecule has 59 heavy (non-hydrogen) atoms. The van der Waals surface area contributed by atoms with E-state index in [1.165, 1.54) is 54.8 Å². The van der Waals surface area contributed by atoms with Crippen LogP contribution in [0, 0.1) is 17.8 Å². The molecule has 5 aromatic rings. The molecule has 0 amide bonds. The van der Waals surface area contributed by atoms with E-state index in [-0.39, 0.29) is 17.3 Å². The van der Waals surface area contributed by atoms with E-state index in [0.717, 1.165) is 48.6 Å². The van der Waals surface area contributed by atoms with Crippen molar-refractivity contribution >= 4 is 40.1 Å². The zero-order chi connectivity index (χ0) is 38.7. The summed E-state index contributed by atoms with van der Waals surface area (Å²) in [6, 6.07) is 44.7. The molecular formula is C55H42N2OS. The second-order valence-corrected chi connectivity index (χ2v) is 18.0. The Kier molecular flexibility index (Phi) is 7.36. The minimum absolute atomic E-state index is 0.197. The maximum Gasteiger partial charge on any atom is 0.136 e. The van der Waals surface area contributed by atoms with Gasteiger partial charge in [-0.25, -0.2) is 0 Å². The highest BCUT2D eigenvalue weighted by atomic mass is 32.2. The van der Waals surface area contributed by atoms with Crippen LogP contribution < -0.4 is 14.5 Å². The van der Waals surface area contributed by atoms with Gasteiger partial charge in [-0.3, -0.25) is 0 Å². The number of fused-ring (bicyclic) bond motifs is 14. The Morgan fingerprint density at radius 2 is 1.49 bits per heavy atom. The molecule has 13 rings (SSSR count). The topological polar surface area (TPSA) is 15.7 Å². The number of anilines is 4. The predicted octanol–water partition coefficient (Wildman–Crippen LogP) is 14.0. The largest absolute Gasteiger partial charge is 0.459 e. The first-order valence-electron chi connectivity index (χ1n) is 21.3. The van der Waals surface area contributed by atoms with Crippen LogP contribution in [0.3, 0.4) is 0 Å². The molecule has 2 heterocycles. The molecular weight excluding hydrogens is 737 g/mol. The van der Waals surface area contributed by atoms with Crippen LogP contribution in [-0.2, 0) is 5.41 Å². The Morgan fingerprint density at radius 3 is 2.36 bits per heavy atom. The van der Waals surface area contributed by atoms with Gasteiger partial charge in [0, 0.05) is 49.6 Å². The molecule has 5 unspecified atom stereocenters. The Bertz CT molecular complexity index is 2840. The Balaban J connectivity index is 1.04. The van der Waals surface area contributed by atoms with Crippen molar-refractivity contribution in [3.05, 3.63) is 227 Å². The number of nitrogens with zero attached hydrogens (tertiary/aromatic N) is 2. The van der Waals surface area contributed by atoms with Gasteiger partial charge in [-0.1, -0.05) is 144 Å². The second-order valence-electron chi connectivity index (χ2n) is 16.9. The van der Waals surface area contributed by atoms with Crippen molar-refractivity contribution in [3.63, 3.8) is 0 Å². The molecule has 0 N–H and O–H groups in total. The normalized spacial score (nSPS) is 25.9. The fourth-order valence-electron chi connectivity index (χ4n) is 12.0. The van der Waals surface area contributed by atoms with Crippen LogP contribution in [0.4, 0.5) is 22.7 Å². The van der Waals surface area contributed by atoms with Gasteiger partial charge in [0.25, 0.3) is 0 Å². The third kappa shape index (κ3) is 4.67. The SMILES string of the molecule is C1=CCC2C(=C1)C1C=CC(N(C3=C4Oc5ccccc5C4CC=C3)c3ccccc3)=CC1C21C2=C(C=CCC2)c2c(N3c4ccccc4Sc4ccccc43)cccc21. The molecule has 0 bridgehead atoms. The van der Waals surface area contributed by atoms with Crippen LogP contribution >= 0.6 is 11.8 Å². The van der Waals surface area contributed by atoms with E-state index in [1.807, 2.05) is 11.8 Å². The predicted molar refractivity (Wildman–Crippen MR) is 241 cm³/mol. The van der Waals surface area contributed by atoms with Gasteiger partial charge in [0.1, 0.15) is 11.5 Å². The number of ether oxygens (including phenoxy) is 1. The average Bonchev–Trinajstić information content (AvgIpc) is 3.93. The van der Waals surface area contributed by atoms with Crippen LogP contribution in [0.25, 0.3) is 5.57 Å². The van der Waals surface area contributed by atoms with Crippen molar-refractivity contribution in [2.45, 2.75) is 46.8 Å². The van der Waals surface area contributed by atoms with Crippen molar-refractivity contribution in [2.24, 2.45) is 17.8 Å². The lowest BCUT2D eigenvalue weighted by Gasteiger charge is -2.43. The summed E-state index contributed by atoms with van der Waals surface area (Å²) >= 11 is 1.88. The fraction of sp³-hybridized carbons (Fsp3) is 0.164. The lowest BCUT2D eigenvalue weighted by Crippen LogP contribution is -2.39. The summed E-state index contributed by atoms with van der Waals surface area (Å²) in [4.78, 5) is 7.64. The van der Waals surface area contributed by atoms with E-state index < -0.39 is 0 Å². The maximum absolute atomic E-state index is 6.81. The number of hydrogen-bond donors (Lipinski definition) is 0. The first kappa shape index (κ1) is 33.7. The van der Waals surface area contributed by atoms with Crippen molar-refractivity contribution in [1.29, 1.82) is 0 Å². The molecule has 0 radical (unpaired) electrons. The number of rotatable bonds is 4. The smallest absolute Gasteiger partial charge is 0.136 e. The van der Waals surface area contributed by atoms with E-state index in [9.17, 15) is 0 Å². The molecule has 1 saturated carbocycles. The summed E-state index contributed by atoms with van der Waals surface area (Å²) in [5.74, 6) is 3.13. The summed E-state index contributed by atoms with van der Waals surface area (Å²) < 4.78 is 6.81. The Morgan fingerprint density at radius 1 is 0.712 bits per heavy atom. The van der Waals surface area contributed by atoms with Gasteiger partial charge < -0.3 is 14.5 Å². The summed E-state index contributed by atoms with van der Waals surface area (Å²) in [6.07, 6.45) is 28.5. The van der Waals surface area contributed by atoms with Crippen molar-refractivity contribution in [2.75, 3.05) is 9.80 Å². The van der Waals surface area contributed by atoms with Gasteiger partial charge in [-0.2, -0.15) is 0 Å². The second kappa shape index (κ2) is 12.9. The summed E-state index contributed by atoms with van der Waals surface area (Å²) in [5.41, 5.74) is 15.9. The third-order valence-electron chi connectivity index (χ3n) is 14.2. The summed E-state index contributed by atoms with van der Waals surface area (Å²) in [6.45, 7) is 0. The monoisotopic (exact) mass is 778 g/mol. The number of hydrogen-bond acceptors (Lipinski definition) is 4. The van der Waals surface area contributed by atoms with Gasteiger partial charge >= 0.3 is 0 Å². The minimum atomic E-state index is -0.197. The van der Waals surface area contributed by atoms with E-state index in [4.69, 9.17) is 4.74 Å². The fourth-order valence-corrected chi connectivity index (χ4v) is 13.1. The number of benzene rings is 5. The molecule has 2 aliphatic heterocycles. The van der Waals surface area contributed by atoms with Gasteiger partial charge in [0.15, 0.2) is 0 Å².